The molecule has 0 saturated carbocycles. The predicted octanol–water partition coefficient (Wildman–Crippen LogP) is 2.20. The Bertz CT molecular complexity index is 1060. The van der Waals surface area contributed by atoms with Gasteiger partial charge in [0.1, 0.15) is 12.4 Å². The second kappa shape index (κ2) is 6.04. The molecule has 0 atom stereocenters. The molecular formula is C16H16F3N5O2. The summed E-state index contributed by atoms with van der Waals surface area (Å²) in [4.78, 5) is 25.1. The standard InChI is InChI=1S/C16H16F3N5O2/c1-9-6-23(3)15(26)12-10(7-22(2)13(9)12)14(25)21-11-4-5-20-24(11)8-16(17,18)19/h4-7H,8H2,1-3H3,(H,21,25). The van der Waals surface area contributed by atoms with Crippen molar-refractivity contribution in [3.8, 4) is 0 Å². The van der Waals surface area contributed by atoms with Gasteiger partial charge in [-0.1, -0.05) is 0 Å². The first kappa shape index (κ1) is 17.8. The zero-order valence-corrected chi connectivity index (χ0v) is 14.3. The lowest BCUT2D eigenvalue weighted by molar-refractivity contribution is -0.142. The summed E-state index contributed by atoms with van der Waals surface area (Å²) in [5.74, 6) is -0.781. The van der Waals surface area contributed by atoms with E-state index in [1.807, 2.05) is 6.92 Å². The van der Waals surface area contributed by atoms with Gasteiger partial charge < -0.3 is 14.5 Å². The number of carbonyl (C=O) groups is 1. The maximum atomic E-state index is 12.6. The zero-order chi connectivity index (χ0) is 19.2. The first-order chi connectivity index (χ1) is 12.1. The molecule has 3 aromatic rings. The number of amides is 1. The number of carbonyl (C=O) groups excluding carboxylic acids is 1. The maximum absolute atomic E-state index is 12.6. The van der Waals surface area contributed by atoms with Gasteiger partial charge in [0.05, 0.1) is 22.7 Å². The van der Waals surface area contributed by atoms with E-state index in [1.165, 1.54) is 16.8 Å². The molecule has 0 aliphatic rings. The highest BCUT2D eigenvalue weighted by Gasteiger charge is 2.30. The molecule has 0 spiro atoms. The number of alkyl halides is 3. The smallest absolute Gasteiger partial charge is 0.349 e. The first-order valence-electron chi connectivity index (χ1n) is 7.63. The summed E-state index contributed by atoms with van der Waals surface area (Å²) in [5.41, 5.74) is 1.12. The second-order valence-corrected chi connectivity index (χ2v) is 6.05. The SMILES string of the molecule is Cc1cn(C)c(=O)c2c(C(=O)Nc3ccnn3CC(F)(F)F)cn(C)c12. The van der Waals surface area contributed by atoms with Crippen molar-refractivity contribution in [1.82, 2.24) is 18.9 Å². The zero-order valence-electron chi connectivity index (χ0n) is 14.3. The molecule has 0 fully saturated rings. The van der Waals surface area contributed by atoms with E-state index in [0.717, 1.165) is 11.8 Å². The molecule has 138 valence electrons. The topological polar surface area (TPSA) is 73.8 Å². The van der Waals surface area contributed by atoms with Crippen molar-refractivity contribution < 1.29 is 18.0 Å². The highest BCUT2D eigenvalue weighted by Crippen LogP contribution is 2.23. The van der Waals surface area contributed by atoms with Gasteiger partial charge in [-0.15, -0.1) is 0 Å². The Balaban J connectivity index is 2.03. The largest absolute Gasteiger partial charge is 0.408 e. The fourth-order valence-electron chi connectivity index (χ4n) is 3.00. The van der Waals surface area contributed by atoms with Crippen LogP contribution >= 0.6 is 0 Å². The monoisotopic (exact) mass is 367 g/mol. The number of nitrogens with zero attached hydrogens (tertiary/aromatic N) is 4. The molecule has 3 rings (SSSR count). The Morgan fingerprint density at radius 3 is 2.58 bits per heavy atom. The normalized spacial score (nSPS) is 11.9. The van der Waals surface area contributed by atoms with Gasteiger partial charge in [-0.25, -0.2) is 4.68 Å². The van der Waals surface area contributed by atoms with E-state index in [4.69, 9.17) is 0 Å². The van der Waals surface area contributed by atoms with Crippen LogP contribution in [0.5, 0.6) is 0 Å². The molecule has 0 radical (unpaired) electrons. The van der Waals surface area contributed by atoms with Crippen molar-refractivity contribution in [1.29, 1.82) is 0 Å². The third-order valence-electron chi connectivity index (χ3n) is 4.01. The number of halogens is 3. The van der Waals surface area contributed by atoms with Gasteiger partial charge in [0, 0.05) is 32.6 Å². The molecule has 0 aromatic carbocycles. The van der Waals surface area contributed by atoms with Gasteiger partial charge >= 0.3 is 6.18 Å². The minimum Gasteiger partial charge on any atom is -0.349 e. The fraction of sp³-hybridized carbons (Fsp3) is 0.312. The number of hydrogen-bond acceptors (Lipinski definition) is 3. The number of rotatable bonds is 3. The summed E-state index contributed by atoms with van der Waals surface area (Å²) in [7, 11) is 3.27. The number of anilines is 1. The van der Waals surface area contributed by atoms with Gasteiger partial charge in [-0.2, -0.15) is 18.3 Å². The van der Waals surface area contributed by atoms with E-state index >= 15 is 0 Å². The predicted molar refractivity (Wildman–Crippen MR) is 89.1 cm³/mol. The highest BCUT2D eigenvalue weighted by atomic mass is 19.4. The number of aromatic nitrogens is 4. The van der Waals surface area contributed by atoms with Crippen molar-refractivity contribution in [3.05, 3.63) is 46.1 Å². The molecule has 1 N–H and O–H groups in total. The molecule has 0 unspecified atom stereocenters. The molecule has 10 heteroatoms. The summed E-state index contributed by atoms with van der Waals surface area (Å²) in [6.45, 7) is 0.480. The van der Waals surface area contributed by atoms with Crippen molar-refractivity contribution in [2.75, 3.05) is 5.32 Å². The second-order valence-electron chi connectivity index (χ2n) is 6.05. The molecule has 0 aliphatic heterocycles. The highest BCUT2D eigenvalue weighted by molar-refractivity contribution is 6.12. The van der Waals surface area contributed by atoms with Crippen molar-refractivity contribution in [2.45, 2.75) is 19.6 Å². The average molecular weight is 367 g/mol. The summed E-state index contributed by atoms with van der Waals surface area (Å²) in [6.07, 6.45) is -0.171. The van der Waals surface area contributed by atoms with Crippen LogP contribution in [0, 0.1) is 6.92 Å². The molecule has 1 amide bonds. The van der Waals surface area contributed by atoms with E-state index in [0.29, 0.717) is 10.2 Å². The van der Waals surface area contributed by atoms with Crippen molar-refractivity contribution >= 4 is 22.6 Å². The number of pyridine rings is 1. The van der Waals surface area contributed by atoms with E-state index in [9.17, 15) is 22.8 Å². The fourth-order valence-corrected chi connectivity index (χ4v) is 3.00. The van der Waals surface area contributed by atoms with Crippen LogP contribution in [0.4, 0.5) is 19.0 Å². The van der Waals surface area contributed by atoms with Crippen LogP contribution in [-0.2, 0) is 20.6 Å². The average Bonchev–Trinajstić information content (AvgIpc) is 3.08. The van der Waals surface area contributed by atoms with E-state index in [2.05, 4.69) is 10.4 Å². The Kier molecular flexibility index (Phi) is 4.13. The molecule has 3 heterocycles. The third kappa shape index (κ3) is 3.09. The lowest BCUT2D eigenvalue weighted by atomic mass is 10.1. The molecule has 0 aliphatic carbocycles. The Labute approximate surface area is 145 Å². The molecule has 26 heavy (non-hydrogen) atoms. The Hall–Kier alpha value is -3.04. The molecule has 0 bridgehead atoms. The number of hydrogen-bond donors (Lipinski definition) is 1. The van der Waals surface area contributed by atoms with Gasteiger partial charge in [0.15, 0.2) is 0 Å². The van der Waals surface area contributed by atoms with Crippen LogP contribution in [0.3, 0.4) is 0 Å². The van der Waals surface area contributed by atoms with E-state index in [-0.39, 0.29) is 22.3 Å². The van der Waals surface area contributed by atoms with Gasteiger partial charge in [-0.3, -0.25) is 9.59 Å². The summed E-state index contributed by atoms with van der Waals surface area (Å²) in [6, 6.07) is 1.26. The minimum absolute atomic E-state index is 0.0894. The van der Waals surface area contributed by atoms with Crippen molar-refractivity contribution in [3.63, 3.8) is 0 Å². The minimum atomic E-state index is -4.47. The van der Waals surface area contributed by atoms with Crippen LogP contribution in [0.2, 0.25) is 0 Å². The quantitative estimate of drug-likeness (QED) is 0.771. The van der Waals surface area contributed by atoms with E-state index in [1.54, 1.807) is 24.9 Å². The number of fused-ring (bicyclic) bond motifs is 1. The number of nitrogens with one attached hydrogen (secondary N) is 1. The summed E-state index contributed by atoms with van der Waals surface area (Å²) in [5, 5.41) is 6.19. The summed E-state index contributed by atoms with van der Waals surface area (Å²) < 4.78 is 41.4. The maximum Gasteiger partial charge on any atom is 0.408 e. The van der Waals surface area contributed by atoms with Crippen LogP contribution in [0.15, 0.2) is 29.5 Å². The molecule has 0 saturated heterocycles. The Morgan fingerprint density at radius 1 is 1.23 bits per heavy atom. The number of aryl methyl sites for hydroxylation is 3. The van der Waals surface area contributed by atoms with Gasteiger partial charge in [0.2, 0.25) is 0 Å². The molecule has 3 aromatic heterocycles. The lowest BCUT2D eigenvalue weighted by Crippen LogP contribution is -2.23. The van der Waals surface area contributed by atoms with Crippen LogP contribution < -0.4 is 10.9 Å². The molecular weight excluding hydrogens is 351 g/mol. The van der Waals surface area contributed by atoms with Crippen LogP contribution in [-0.4, -0.2) is 31.0 Å². The van der Waals surface area contributed by atoms with Crippen molar-refractivity contribution in [2.24, 2.45) is 14.1 Å². The van der Waals surface area contributed by atoms with Crippen LogP contribution in [0.1, 0.15) is 15.9 Å². The third-order valence-corrected chi connectivity index (χ3v) is 4.01. The first-order valence-corrected chi connectivity index (χ1v) is 7.63. The van der Waals surface area contributed by atoms with Gasteiger partial charge in [-0.05, 0) is 12.5 Å². The molecule has 7 nitrogen and oxygen atoms in total. The lowest BCUT2D eigenvalue weighted by Gasteiger charge is -2.11. The van der Waals surface area contributed by atoms with E-state index < -0.39 is 18.6 Å². The van der Waals surface area contributed by atoms with Crippen LogP contribution in [0.25, 0.3) is 10.9 Å². The Morgan fingerprint density at radius 2 is 1.92 bits per heavy atom. The summed E-state index contributed by atoms with van der Waals surface area (Å²) >= 11 is 0. The van der Waals surface area contributed by atoms with Gasteiger partial charge in [0.25, 0.3) is 11.5 Å².